The van der Waals surface area contributed by atoms with Gasteiger partial charge in [-0.3, -0.25) is 10.1 Å². The fourth-order valence-electron chi connectivity index (χ4n) is 2.96. The van der Waals surface area contributed by atoms with Crippen molar-refractivity contribution < 1.29 is 14.1 Å². The fraction of sp³-hybridized carbons (Fsp3) is 0.684. The maximum Gasteiger partial charge on any atom is 0.292 e. The van der Waals surface area contributed by atoms with E-state index >= 15 is 0 Å². The minimum absolute atomic E-state index is 0.00980. The van der Waals surface area contributed by atoms with E-state index in [9.17, 15) is 10.1 Å². The zero-order chi connectivity index (χ0) is 20.2. The SMILES string of the molecule is CC(C)(C)[Si](C)(C)OCCC1COCC(N)CN1c1ccccc1[N+](=O)[O-]. The Labute approximate surface area is 163 Å². The topological polar surface area (TPSA) is 90.9 Å². The number of nitrogens with zero attached hydrogens (tertiary/aromatic N) is 2. The first kappa shape index (κ1) is 21.8. The fourth-order valence-corrected chi connectivity index (χ4v) is 4.02. The number of anilines is 1. The van der Waals surface area contributed by atoms with Gasteiger partial charge in [-0.25, -0.2) is 0 Å². The number of para-hydroxylation sites is 2. The summed E-state index contributed by atoms with van der Waals surface area (Å²) < 4.78 is 12.1. The zero-order valence-corrected chi connectivity index (χ0v) is 18.1. The molecule has 2 rings (SSSR count). The molecule has 0 aromatic heterocycles. The summed E-state index contributed by atoms with van der Waals surface area (Å²) in [4.78, 5) is 13.2. The van der Waals surface area contributed by atoms with E-state index < -0.39 is 8.32 Å². The molecule has 0 amide bonds. The van der Waals surface area contributed by atoms with Gasteiger partial charge in [-0.15, -0.1) is 0 Å². The molecule has 2 atom stereocenters. The van der Waals surface area contributed by atoms with Gasteiger partial charge in [-0.1, -0.05) is 32.9 Å². The van der Waals surface area contributed by atoms with Crippen LogP contribution in [0.5, 0.6) is 0 Å². The molecular formula is C19H33N3O4Si. The second-order valence-corrected chi connectivity index (χ2v) is 13.6. The van der Waals surface area contributed by atoms with Crippen molar-refractivity contribution in [1.29, 1.82) is 0 Å². The van der Waals surface area contributed by atoms with E-state index in [1.807, 2.05) is 11.0 Å². The van der Waals surface area contributed by atoms with Gasteiger partial charge >= 0.3 is 0 Å². The number of nitro benzene ring substituents is 1. The van der Waals surface area contributed by atoms with Crippen LogP contribution in [0.1, 0.15) is 27.2 Å². The molecule has 0 radical (unpaired) electrons. The zero-order valence-electron chi connectivity index (χ0n) is 17.1. The van der Waals surface area contributed by atoms with Crippen LogP contribution in [0, 0.1) is 10.1 Å². The molecule has 27 heavy (non-hydrogen) atoms. The Hall–Kier alpha value is -1.48. The van der Waals surface area contributed by atoms with E-state index in [4.69, 9.17) is 14.9 Å². The van der Waals surface area contributed by atoms with Gasteiger partial charge in [0.1, 0.15) is 5.69 Å². The Balaban J connectivity index is 2.19. The summed E-state index contributed by atoms with van der Waals surface area (Å²) in [6, 6.07) is 6.64. The summed E-state index contributed by atoms with van der Waals surface area (Å²) in [5, 5.41) is 11.6. The Morgan fingerprint density at radius 1 is 1.33 bits per heavy atom. The van der Waals surface area contributed by atoms with Crippen molar-refractivity contribution in [3.63, 3.8) is 0 Å². The van der Waals surface area contributed by atoms with Crippen LogP contribution in [0.4, 0.5) is 11.4 Å². The highest BCUT2D eigenvalue weighted by Gasteiger charge is 2.37. The maximum absolute atomic E-state index is 11.5. The van der Waals surface area contributed by atoms with Gasteiger partial charge in [-0.05, 0) is 30.6 Å². The van der Waals surface area contributed by atoms with Crippen LogP contribution in [0.2, 0.25) is 18.1 Å². The molecule has 1 fully saturated rings. The quantitative estimate of drug-likeness (QED) is 0.450. The minimum atomic E-state index is -1.84. The van der Waals surface area contributed by atoms with E-state index in [1.165, 1.54) is 6.07 Å². The first-order valence-electron chi connectivity index (χ1n) is 9.50. The minimum Gasteiger partial charge on any atom is -0.417 e. The summed E-state index contributed by atoms with van der Waals surface area (Å²) >= 11 is 0. The standard InChI is InChI=1S/C19H33N3O4Si/c1-19(2,3)27(4,5)26-11-10-16-14-25-13-15(20)12-21(16)17-8-6-7-9-18(17)22(23)24/h6-9,15-16H,10-14,20H2,1-5H3. The smallest absolute Gasteiger partial charge is 0.292 e. The molecule has 7 nitrogen and oxygen atoms in total. The Kier molecular flexibility index (Phi) is 7.01. The first-order chi connectivity index (χ1) is 12.5. The molecule has 1 aromatic carbocycles. The van der Waals surface area contributed by atoms with E-state index in [1.54, 1.807) is 12.1 Å². The molecule has 1 heterocycles. The summed E-state index contributed by atoms with van der Waals surface area (Å²) in [5.41, 5.74) is 6.84. The third-order valence-electron chi connectivity index (χ3n) is 5.62. The van der Waals surface area contributed by atoms with Crippen molar-refractivity contribution in [2.75, 3.05) is 31.3 Å². The van der Waals surface area contributed by atoms with Crippen LogP contribution in [-0.2, 0) is 9.16 Å². The van der Waals surface area contributed by atoms with Crippen LogP contribution in [-0.4, -0.2) is 51.7 Å². The van der Waals surface area contributed by atoms with Crippen molar-refractivity contribution in [3.05, 3.63) is 34.4 Å². The molecule has 1 saturated heterocycles. The number of rotatable bonds is 6. The molecule has 0 aliphatic carbocycles. The highest BCUT2D eigenvalue weighted by molar-refractivity contribution is 6.74. The monoisotopic (exact) mass is 395 g/mol. The molecule has 2 unspecified atom stereocenters. The molecule has 0 spiro atoms. The predicted molar refractivity (Wildman–Crippen MR) is 111 cm³/mol. The second-order valence-electron chi connectivity index (χ2n) is 8.75. The van der Waals surface area contributed by atoms with Crippen molar-refractivity contribution in [2.45, 2.75) is 57.4 Å². The van der Waals surface area contributed by atoms with Crippen LogP contribution in [0.15, 0.2) is 24.3 Å². The van der Waals surface area contributed by atoms with E-state index in [-0.39, 0.29) is 27.7 Å². The molecule has 152 valence electrons. The molecule has 2 N–H and O–H groups in total. The highest BCUT2D eigenvalue weighted by Crippen LogP contribution is 2.37. The Bertz CT molecular complexity index is 648. The summed E-state index contributed by atoms with van der Waals surface area (Å²) in [6.07, 6.45) is 0.741. The normalized spacial score (nSPS) is 21.8. The lowest BCUT2D eigenvalue weighted by atomic mass is 10.1. The van der Waals surface area contributed by atoms with Crippen LogP contribution >= 0.6 is 0 Å². The summed E-state index contributed by atoms with van der Waals surface area (Å²) in [7, 11) is -1.84. The highest BCUT2D eigenvalue weighted by atomic mass is 28.4. The molecule has 1 aromatic rings. The Morgan fingerprint density at radius 3 is 2.63 bits per heavy atom. The van der Waals surface area contributed by atoms with Gasteiger partial charge in [0.25, 0.3) is 5.69 Å². The maximum atomic E-state index is 11.5. The van der Waals surface area contributed by atoms with Crippen molar-refractivity contribution in [1.82, 2.24) is 0 Å². The lowest BCUT2D eigenvalue weighted by molar-refractivity contribution is -0.384. The van der Waals surface area contributed by atoms with Crippen molar-refractivity contribution in [3.8, 4) is 0 Å². The lowest BCUT2D eigenvalue weighted by Gasteiger charge is -2.37. The van der Waals surface area contributed by atoms with E-state index in [2.05, 4.69) is 33.9 Å². The number of nitro groups is 1. The van der Waals surface area contributed by atoms with Crippen LogP contribution in [0.3, 0.4) is 0 Å². The number of benzene rings is 1. The van der Waals surface area contributed by atoms with Crippen molar-refractivity contribution >= 4 is 19.7 Å². The van der Waals surface area contributed by atoms with Gasteiger partial charge in [0.2, 0.25) is 0 Å². The molecule has 1 aliphatic heterocycles. The number of hydrogen-bond acceptors (Lipinski definition) is 6. The van der Waals surface area contributed by atoms with E-state index in [0.717, 1.165) is 6.42 Å². The predicted octanol–water partition coefficient (Wildman–Crippen LogP) is 3.54. The van der Waals surface area contributed by atoms with Gasteiger partial charge in [0.15, 0.2) is 8.32 Å². The summed E-state index contributed by atoms with van der Waals surface area (Å²) in [5.74, 6) is 0. The Morgan fingerprint density at radius 2 is 2.00 bits per heavy atom. The molecular weight excluding hydrogens is 362 g/mol. The average Bonchev–Trinajstić information content (AvgIpc) is 2.75. The second kappa shape index (κ2) is 8.68. The third kappa shape index (κ3) is 5.51. The number of nitrogens with two attached hydrogens (primary N) is 1. The van der Waals surface area contributed by atoms with Crippen molar-refractivity contribution in [2.24, 2.45) is 5.73 Å². The van der Waals surface area contributed by atoms with Gasteiger partial charge < -0.3 is 19.8 Å². The van der Waals surface area contributed by atoms with Gasteiger partial charge in [0.05, 0.1) is 24.2 Å². The molecule has 0 bridgehead atoms. The van der Waals surface area contributed by atoms with E-state index in [0.29, 0.717) is 32.1 Å². The van der Waals surface area contributed by atoms with Gasteiger partial charge in [0, 0.05) is 25.3 Å². The third-order valence-corrected chi connectivity index (χ3v) is 10.2. The number of hydrogen-bond donors (Lipinski definition) is 1. The largest absolute Gasteiger partial charge is 0.417 e. The lowest BCUT2D eigenvalue weighted by Crippen LogP contribution is -2.45. The summed E-state index contributed by atoms with van der Waals surface area (Å²) in [6.45, 7) is 13.2. The molecule has 8 heteroatoms. The van der Waals surface area contributed by atoms with Gasteiger partial charge in [-0.2, -0.15) is 0 Å². The first-order valence-corrected chi connectivity index (χ1v) is 12.4. The molecule has 0 saturated carbocycles. The average molecular weight is 396 g/mol. The number of ether oxygens (including phenoxy) is 1. The van der Waals surface area contributed by atoms with Crippen LogP contribution in [0.25, 0.3) is 0 Å². The van der Waals surface area contributed by atoms with Crippen LogP contribution < -0.4 is 10.6 Å². The molecule has 1 aliphatic rings.